The van der Waals surface area contributed by atoms with Gasteiger partial charge in [-0.1, -0.05) is 37.3 Å². The van der Waals surface area contributed by atoms with E-state index < -0.39 is 41.8 Å². The van der Waals surface area contributed by atoms with Gasteiger partial charge in [0, 0.05) is 13.3 Å². The number of carboxylic acid groups (broad SMARTS) is 1. The normalized spacial score (nSPS) is 13.7. The Kier molecular flexibility index (Phi) is 8.98. The molecule has 1 aromatic rings. The number of carboxylic acids is 1. The number of amides is 2. The second kappa shape index (κ2) is 10.9. The first kappa shape index (κ1) is 22.1. The van der Waals surface area contributed by atoms with Crippen LogP contribution in [0.5, 0.6) is 0 Å². The van der Waals surface area contributed by atoms with Crippen LogP contribution in [0.25, 0.3) is 0 Å². The van der Waals surface area contributed by atoms with Gasteiger partial charge in [0.15, 0.2) is 0 Å². The van der Waals surface area contributed by atoms with Gasteiger partial charge in [-0.15, -0.1) is 0 Å². The molecule has 2 amide bonds. The topological polar surface area (TPSA) is 122 Å². The predicted octanol–water partition coefficient (Wildman–Crippen LogP) is 0.893. The predicted molar refractivity (Wildman–Crippen MR) is 97.7 cm³/mol. The maximum Gasteiger partial charge on any atom is 0.326 e. The number of rotatable bonds is 10. The highest BCUT2D eigenvalue weighted by molar-refractivity contribution is 5.90. The van der Waals surface area contributed by atoms with Crippen molar-refractivity contribution in [3.05, 3.63) is 35.9 Å². The van der Waals surface area contributed by atoms with Crippen molar-refractivity contribution in [2.24, 2.45) is 5.92 Å². The Morgan fingerprint density at radius 1 is 1.07 bits per heavy atom. The Labute approximate surface area is 158 Å². The molecule has 3 N–H and O–H groups in total. The van der Waals surface area contributed by atoms with Gasteiger partial charge in [-0.05, 0) is 18.9 Å². The minimum absolute atomic E-state index is 0.113. The summed E-state index contributed by atoms with van der Waals surface area (Å²) in [6.07, 6.45) is 0.101. The standard InChI is InChI=1S/C19H26N2O6/c1-4-27-19(26)12(2)10-16(18(24)25)21-17(23)15(20-13(3)22)11-14-8-6-5-7-9-14/h5-9,12,15-16H,4,10-11H2,1-3H3,(H,20,22)(H,21,23)(H,24,25)/t12-,15-,16+/m0/s1. The largest absolute Gasteiger partial charge is 0.480 e. The second-order valence-electron chi connectivity index (χ2n) is 6.23. The van der Waals surface area contributed by atoms with Gasteiger partial charge >= 0.3 is 11.9 Å². The fraction of sp³-hybridized carbons (Fsp3) is 0.474. The number of aliphatic carboxylic acids is 1. The van der Waals surface area contributed by atoms with E-state index in [0.29, 0.717) is 0 Å². The summed E-state index contributed by atoms with van der Waals surface area (Å²) in [4.78, 5) is 47.2. The molecule has 0 spiro atoms. The lowest BCUT2D eigenvalue weighted by molar-refractivity contribution is -0.149. The van der Waals surface area contributed by atoms with Gasteiger partial charge < -0.3 is 20.5 Å². The van der Waals surface area contributed by atoms with Crippen LogP contribution in [0.3, 0.4) is 0 Å². The van der Waals surface area contributed by atoms with Crippen molar-refractivity contribution in [3.63, 3.8) is 0 Å². The zero-order valence-corrected chi connectivity index (χ0v) is 15.7. The zero-order valence-electron chi connectivity index (χ0n) is 15.7. The average molecular weight is 378 g/mol. The van der Waals surface area contributed by atoms with Crippen LogP contribution in [0.15, 0.2) is 30.3 Å². The van der Waals surface area contributed by atoms with E-state index >= 15 is 0 Å². The lowest BCUT2D eigenvalue weighted by Crippen LogP contribution is -2.52. The molecule has 0 radical (unpaired) electrons. The van der Waals surface area contributed by atoms with Crippen LogP contribution in [-0.2, 0) is 30.3 Å². The van der Waals surface area contributed by atoms with Gasteiger partial charge in [-0.3, -0.25) is 14.4 Å². The smallest absolute Gasteiger partial charge is 0.326 e. The highest BCUT2D eigenvalue weighted by atomic mass is 16.5. The highest BCUT2D eigenvalue weighted by Crippen LogP contribution is 2.10. The van der Waals surface area contributed by atoms with Crippen molar-refractivity contribution < 1.29 is 29.0 Å². The van der Waals surface area contributed by atoms with Gasteiger partial charge in [0.1, 0.15) is 12.1 Å². The molecular weight excluding hydrogens is 352 g/mol. The Morgan fingerprint density at radius 2 is 1.70 bits per heavy atom. The molecule has 0 saturated heterocycles. The number of nitrogens with one attached hydrogen (secondary N) is 2. The third-order valence-corrected chi connectivity index (χ3v) is 3.87. The molecule has 0 aliphatic carbocycles. The van der Waals surface area contributed by atoms with Crippen molar-refractivity contribution in [1.82, 2.24) is 10.6 Å². The summed E-state index contributed by atoms with van der Waals surface area (Å²) in [7, 11) is 0. The number of hydrogen-bond acceptors (Lipinski definition) is 5. The molecule has 0 unspecified atom stereocenters. The van der Waals surface area contributed by atoms with Crippen LogP contribution in [0.1, 0.15) is 32.8 Å². The van der Waals surface area contributed by atoms with Crippen molar-refractivity contribution in [2.75, 3.05) is 6.61 Å². The summed E-state index contributed by atoms with van der Waals surface area (Å²) >= 11 is 0. The molecule has 0 aliphatic rings. The van der Waals surface area contributed by atoms with Gasteiger partial charge in [0.25, 0.3) is 0 Å². The van der Waals surface area contributed by atoms with E-state index in [1.807, 2.05) is 6.07 Å². The monoisotopic (exact) mass is 378 g/mol. The van der Waals surface area contributed by atoms with E-state index in [4.69, 9.17) is 4.74 Å². The molecule has 8 nitrogen and oxygen atoms in total. The lowest BCUT2D eigenvalue weighted by Gasteiger charge is -2.22. The molecule has 8 heteroatoms. The van der Waals surface area contributed by atoms with Crippen LogP contribution in [0.4, 0.5) is 0 Å². The maximum atomic E-state index is 12.6. The fourth-order valence-electron chi connectivity index (χ4n) is 2.53. The summed E-state index contributed by atoms with van der Waals surface area (Å²) in [6.45, 7) is 4.66. The molecule has 0 aromatic heterocycles. The molecule has 3 atom stereocenters. The molecule has 0 saturated carbocycles. The van der Waals surface area contributed by atoms with Crippen LogP contribution in [0.2, 0.25) is 0 Å². The first-order valence-electron chi connectivity index (χ1n) is 8.75. The number of carbonyl (C=O) groups is 4. The Balaban J connectivity index is 2.83. The number of esters is 1. The molecule has 1 rings (SSSR count). The van der Waals surface area contributed by atoms with E-state index in [0.717, 1.165) is 5.56 Å². The molecular formula is C19H26N2O6. The Morgan fingerprint density at radius 3 is 2.22 bits per heavy atom. The summed E-state index contributed by atoms with van der Waals surface area (Å²) in [6, 6.07) is 6.85. The SMILES string of the molecule is CCOC(=O)[C@@H](C)C[C@@H](NC(=O)[C@H](Cc1ccccc1)NC(C)=O)C(=O)O. The summed E-state index contributed by atoms with van der Waals surface area (Å²) in [5, 5.41) is 14.3. The van der Waals surface area contributed by atoms with E-state index in [-0.39, 0.29) is 19.4 Å². The second-order valence-corrected chi connectivity index (χ2v) is 6.23. The van der Waals surface area contributed by atoms with E-state index in [9.17, 15) is 24.3 Å². The maximum absolute atomic E-state index is 12.6. The third-order valence-electron chi connectivity index (χ3n) is 3.87. The number of benzene rings is 1. The lowest BCUT2D eigenvalue weighted by atomic mass is 10.0. The van der Waals surface area contributed by atoms with E-state index in [1.165, 1.54) is 13.8 Å². The Bertz CT molecular complexity index is 661. The van der Waals surface area contributed by atoms with Crippen LogP contribution in [-0.4, -0.2) is 47.6 Å². The quantitative estimate of drug-likeness (QED) is 0.520. The first-order valence-corrected chi connectivity index (χ1v) is 8.75. The van der Waals surface area contributed by atoms with E-state index in [2.05, 4.69) is 10.6 Å². The molecule has 148 valence electrons. The number of hydrogen-bond donors (Lipinski definition) is 3. The van der Waals surface area contributed by atoms with Gasteiger partial charge in [-0.2, -0.15) is 0 Å². The fourth-order valence-corrected chi connectivity index (χ4v) is 2.53. The minimum atomic E-state index is -1.27. The average Bonchev–Trinajstić information content (AvgIpc) is 2.61. The zero-order chi connectivity index (χ0) is 20.4. The van der Waals surface area contributed by atoms with Crippen LogP contribution >= 0.6 is 0 Å². The number of carbonyl (C=O) groups excluding carboxylic acids is 3. The van der Waals surface area contributed by atoms with Crippen molar-refractivity contribution in [1.29, 1.82) is 0 Å². The summed E-state index contributed by atoms with van der Waals surface area (Å²) in [5.74, 6) is -3.52. The van der Waals surface area contributed by atoms with Crippen LogP contribution < -0.4 is 10.6 Å². The Hall–Kier alpha value is -2.90. The minimum Gasteiger partial charge on any atom is -0.480 e. The summed E-state index contributed by atoms with van der Waals surface area (Å²) in [5.41, 5.74) is 0.818. The third kappa shape index (κ3) is 7.89. The van der Waals surface area contributed by atoms with Crippen molar-refractivity contribution in [2.45, 2.75) is 45.7 Å². The van der Waals surface area contributed by atoms with Crippen molar-refractivity contribution in [3.8, 4) is 0 Å². The molecule has 1 aromatic carbocycles. The van der Waals surface area contributed by atoms with Gasteiger partial charge in [0.05, 0.1) is 12.5 Å². The molecule has 27 heavy (non-hydrogen) atoms. The summed E-state index contributed by atoms with van der Waals surface area (Å²) < 4.78 is 4.87. The van der Waals surface area contributed by atoms with Crippen molar-refractivity contribution >= 4 is 23.8 Å². The van der Waals surface area contributed by atoms with E-state index in [1.54, 1.807) is 31.2 Å². The van der Waals surface area contributed by atoms with Gasteiger partial charge in [-0.25, -0.2) is 4.79 Å². The molecule has 0 heterocycles. The molecule has 0 bridgehead atoms. The first-order chi connectivity index (χ1) is 12.7. The molecule has 0 aliphatic heterocycles. The van der Waals surface area contributed by atoms with Crippen LogP contribution in [0, 0.1) is 5.92 Å². The molecule has 0 fully saturated rings. The number of ether oxygens (including phenoxy) is 1. The highest BCUT2D eigenvalue weighted by Gasteiger charge is 2.29. The van der Waals surface area contributed by atoms with Gasteiger partial charge in [0.2, 0.25) is 11.8 Å².